The van der Waals surface area contributed by atoms with Crippen LogP contribution in [-0.2, 0) is 11.2 Å². The van der Waals surface area contributed by atoms with Crippen LogP contribution >= 0.6 is 0 Å². The van der Waals surface area contributed by atoms with Crippen molar-refractivity contribution in [3.63, 3.8) is 0 Å². The zero-order valence-electron chi connectivity index (χ0n) is 11.0. The molecule has 0 saturated carbocycles. The minimum atomic E-state index is -1.29. The first-order chi connectivity index (χ1) is 9.65. The molecule has 0 fully saturated rings. The number of para-hydroxylation sites is 1. The second kappa shape index (κ2) is 6.73. The second-order valence-electron chi connectivity index (χ2n) is 4.58. The van der Waals surface area contributed by atoms with E-state index in [0.29, 0.717) is 6.42 Å². The molecule has 0 aliphatic heterocycles. The number of carboxylic acid groups (broad SMARTS) is 1. The molecule has 1 atom stereocenters. The number of hydrogen-bond acceptors (Lipinski definition) is 3. The van der Waals surface area contributed by atoms with Crippen LogP contribution in [0.25, 0.3) is 0 Å². The van der Waals surface area contributed by atoms with Crippen LogP contribution in [0.2, 0.25) is 0 Å². The van der Waals surface area contributed by atoms with Gasteiger partial charge in [0.2, 0.25) is 0 Å². The maximum atomic E-state index is 10.5. The summed E-state index contributed by atoms with van der Waals surface area (Å²) in [6, 6.07) is 17.6. The molecule has 0 spiro atoms. The van der Waals surface area contributed by atoms with Crippen LogP contribution < -0.4 is 5.32 Å². The van der Waals surface area contributed by atoms with Crippen molar-refractivity contribution in [1.29, 1.82) is 0 Å². The molecule has 0 heterocycles. The first-order valence-corrected chi connectivity index (χ1v) is 6.47. The predicted octanol–water partition coefficient (Wildman–Crippen LogP) is 2.81. The lowest BCUT2D eigenvalue weighted by Crippen LogP contribution is -2.19. The van der Waals surface area contributed by atoms with Gasteiger partial charge >= 0.3 is 5.97 Å². The third-order valence-corrected chi connectivity index (χ3v) is 3.01. The highest BCUT2D eigenvalue weighted by Gasteiger charge is 2.12. The highest BCUT2D eigenvalue weighted by atomic mass is 16.4. The van der Waals surface area contributed by atoms with Crippen LogP contribution in [0.3, 0.4) is 0 Å². The number of benzene rings is 2. The van der Waals surface area contributed by atoms with E-state index in [0.717, 1.165) is 16.9 Å². The van der Waals surface area contributed by atoms with Crippen molar-refractivity contribution in [1.82, 2.24) is 0 Å². The van der Waals surface area contributed by atoms with E-state index >= 15 is 0 Å². The molecular weight excluding hydrogens is 254 g/mol. The minimum absolute atomic E-state index is 0.223. The molecule has 2 rings (SSSR count). The first kappa shape index (κ1) is 14.1. The lowest BCUT2D eigenvalue weighted by molar-refractivity contribution is -0.146. The summed E-state index contributed by atoms with van der Waals surface area (Å²) in [5, 5.41) is 21.1. The molecule has 0 bridgehead atoms. The summed E-state index contributed by atoms with van der Waals surface area (Å²) in [6.45, 7) is 0. The average molecular weight is 271 g/mol. The van der Waals surface area contributed by atoms with E-state index in [4.69, 9.17) is 5.11 Å². The molecule has 2 aromatic rings. The summed E-state index contributed by atoms with van der Waals surface area (Å²) in [6.07, 6.45) is -0.531. The van der Waals surface area contributed by atoms with Gasteiger partial charge in [-0.3, -0.25) is 0 Å². The van der Waals surface area contributed by atoms with Gasteiger partial charge in [-0.1, -0.05) is 30.3 Å². The number of hydrogen-bond donors (Lipinski definition) is 3. The lowest BCUT2D eigenvalue weighted by atomic mass is 10.1. The van der Waals surface area contributed by atoms with Crippen LogP contribution in [0.4, 0.5) is 11.4 Å². The Kier molecular flexibility index (Phi) is 4.74. The Bertz CT molecular complexity index is 552. The number of aliphatic hydroxyl groups is 1. The van der Waals surface area contributed by atoms with E-state index < -0.39 is 12.1 Å². The van der Waals surface area contributed by atoms with Gasteiger partial charge in [-0.05, 0) is 42.7 Å². The first-order valence-electron chi connectivity index (χ1n) is 6.47. The van der Waals surface area contributed by atoms with Crippen LogP contribution in [0.15, 0.2) is 54.6 Å². The average Bonchev–Trinajstić information content (AvgIpc) is 2.47. The van der Waals surface area contributed by atoms with E-state index in [1.165, 1.54) is 0 Å². The topological polar surface area (TPSA) is 69.6 Å². The number of rotatable bonds is 6. The monoisotopic (exact) mass is 271 g/mol. The predicted molar refractivity (Wildman–Crippen MR) is 78.1 cm³/mol. The normalized spacial score (nSPS) is 11.8. The smallest absolute Gasteiger partial charge is 0.332 e. The van der Waals surface area contributed by atoms with E-state index in [1.807, 2.05) is 54.6 Å². The molecule has 3 N–H and O–H groups in total. The Morgan fingerprint density at radius 1 is 1.00 bits per heavy atom. The van der Waals surface area contributed by atoms with Gasteiger partial charge in [0.1, 0.15) is 0 Å². The Balaban J connectivity index is 1.91. The summed E-state index contributed by atoms with van der Waals surface area (Å²) in [5.74, 6) is -1.17. The van der Waals surface area contributed by atoms with Crippen LogP contribution in [-0.4, -0.2) is 22.3 Å². The van der Waals surface area contributed by atoms with Gasteiger partial charge in [0.25, 0.3) is 0 Å². The van der Waals surface area contributed by atoms with Crippen LogP contribution in [0.1, 0.15) is 12.0 Å². The Hall–Kier alpha value is -2.33. The zero-order chi connectivity index (χ0) is 14.4. The molecule has 104 valence electrons. The molecule has 0 aromatic heterocycles. The number of aryl methyl sites for hydroxylation is 1. The SMILES string of the molecule is O=C(O)C(O)CCc1ccc(Nc2ccccc2)cc1. The van der Waals surface area contributed by atoms with Crippen molar-refractivity contribution in [2.75, 3.05) is 5.32 Å². The molecule has 4 heteroatoms. The number of anilines is 2. The van der Waals surface area contributed by atoms with Gasteiger partial charge in [0.05, 0.1) is 0 Å². The van der Waals surface area contributed by atoms with Crippen molar-refractivity contribution >= 4 is 17.3 Å². The lowest BCUT2D eigenvalue weighted by Gasteiger charge is -2.08. The summed E-state index contributed by atoms with van der Waals surface area (Å²) in [7, 11) is 0. The highest BCUT2D eigenvalue weighted by molar-refractivity contribution is 5.71. The fourth-order valence-corrected chi connectivity index (χ4v) is 1.87. The van der Waals surface area contributed by atoms with E-state index in [-0.39, 0.29) is 6.42 Å². The minimum Gasteiger partial charge on any atom is -0.479 e. The van der Waals surface area contributed by atoms with Crippen LogP contribution in [0.5, 0.6) is 0 Å². The van der Waals surface area contributed by atoms with E-state index in [1.54, 1.807) is 0 Å². The number of aliphatic hydroxyl groups excluding tert-OH is 1. The fourth-order valence-electron chi connectivity index (χ4n) is 1.87. The number of nitrogens with one attached hydrogen (secondary N) is 1. The summed E-state index contributed by atoms with van der Waals surface area (Å²) in [4.78, 5) is 10.5. The molecule has 4 nitrogen and oxygen atoms in total. The molecule has 0 amide bonds. The largest absolute Gasteiger partial charge is 0.479 e. The molecule has 20 heavy (non-hydrogen) atoms. The van der Waals surface area contributed by atoms with Gasteiger partial charge in [-0.25, -0.2) is 4.79 Å². The molecule has 0 saturated heterocycles. The van der Waals surface area contributed by atoms with Gasteiger partial charge in [0.15, 0.2) is 6.10 Å². The molecule has 0 aliphatic rings. The van der Waals surface area contributed by atoms with E-state index in [9.17, 15) is 9.90 Å². The summed E-state index contributed by atoms with van der Waals surface area (Å²) in [5.41, 5.74) is 2.99. The molecule has 0 aliphatic carbocycles. The Morgan fingerprint density at radius 2 is 1.60 bits per heavy atom. The maximum absolute atomic E-state index is 10.5. The standard InChI is InChI=1S/C16H17NO3/c18-15(16(19)20)11-8-12-6-9-14(10-7-12)17-13-4-2-1-3-5-13/h1-7,9-10,15,17-18H,8,11H2,(H,19,20). The third-order valence-electron chi connectivity index (χ3n) is 3.01. The second-order valence-corrected chi connectivity index (χ2v) is 4.58. The number of carboxylic acids is 1. The van der Waals surface area contributed by atoms with Gasteiger partial charge in [-0.2, -0.15) is 0 Å². The Labute approximate surface area is 117 Å². The summed E-state index contributed by atoms with van der Waals surface area (Å²) < 4.78 is 0. The van der Waals surface area contributed by atoms with Gasteiger partial charge in [0, 0.05) is 11.4 Å². The number of carbonyl (C=O) groups is 1. The van der Waals surface area contributed by atoms with Gasteiger partial charge < -0.3 is 15.5 Å². The molecule has 2 aromatic carbocycles. The Morgan fingerprint density at radius 3 is 2.20 bits per heavy atom. The van der Waals surface area contributed by atoms with Crippen molar-refractivity contribution in [3.05, 3.63) is 60.2 Å². The third kappa shape index (κ3) is 4.10. The van der Waals surface area contributed by atoms with Crippen LogP contribution in [0, 0.1) is 0 Å². The van der Waals surface area contributed by atoms with Crippen molar-refractivity contribution in [3.8, 4) is 0 Å². The quantitative estimate of drug-likeness (QED) is 0.755. The van der Waals surface area contributed by atoms with E-state index in [2.05, 4.69) is 5.32 Å². The van der Waals surface area contributed by atoms with Crippen molar-refractivity contribution in [2.45, 2.75) is 18.9 Å². The maximum Gasteiger partial charge on any atom is 0.332 e. The highest BCUT2D eigenvalue weighted by Crippen LogP contribution is 2.17. The van der Waals surface area contributed by atoms with Gasteiger partial charge in [-0.15, -0.1) is 0 Å². The van der Waals surface area contributed by atoms with Crippen molar-refractivity contribution in [2.24, 2.45) is 0 Å². The fraction of sp³-hybridized carbons (Fsp3) is 0.188. The van der Waals surface area contributed by atoms with Crippen molar-refractivity contribution < 1.29 is 15.0 Å². The summed E-state index contributed by atoms with van der Waals surface area (Å²) >= 11 is 0. The number of aliphatic carboxylic acids is 1. The molecule has 1 unspecified atom stereocenters. The zero-order valence-corrected chi connectivity index (χ0v) is 11.0. The molecular formula is C16H17NO3. The molecule has 0 radical (unpaired) electrons.